The van der Waals surface area contributed by atoms with E-state index in [2.05, 4.69) is 5.32 Å². The van der Waals surface area contributed by atoms with Crippen molar-refractivity contribution < 1.29 is 9.53 Å². The van der Waals surface area contributed by atoms with E-state index in [1.54, 1.807) is 7.11 Å². The quantitative estimate of drug-likeness (QED) is 0.844. The number of benzene rings is 2. The number of methoxy groups -OCH3 is 1. The highest BCUT2D eigenvalue weighted by Crippen LogP contribution is 2.30. The van der Waals surface area contributed by atoms with E-state index in [4.69, 9.17) is 10.5 Å². The summed E-state index contributed by atoms with van der Waals surface area (Å²) in [5.41, 5.74) is 8.44. The van der Waals surface area contributed by atoms with E-state index in [0.717, 1.165) is 30.0 Å². The minimum absolute atomic E-state index is 0.0174. The van der Waals surface area contributed by atoms with Crippen LogP contribution in [0.2, 0.25) is 0 Å². The molecular formula is C19H23N3O2. The van der Waals surface area contributed by atoms with Gasteiger partial charge in [-0.25, -0.2) is 0 Å². The Morgan fingerprint density at radius 2 is 2.00 bits per heavy atom. The minimum atomic E-state index is -0.0174. The van der Waals surface area contributed by atoms with Crippen molar-refractivity contribution in [1.82, 2.24) is 10.2 Å². The molecule has 0 spiro atoms. The summed E-state index contributed by atoms with van der Waals surface area (Å²) in [7, 11) is 1.66. The highest BCUT2D eigenvalue weighted by Gasteiger charge is 2.29. The zero-order valence-electron chi connectivity index (χ0n) is 13.9. The standard InChI is InChI=1S/C19H23N3O2/c1-24-18-5-3-2-4-16(18)17-13-21-10-11-22(17)19(23)12-14-6-8-15(20)9-7-14/h2-9,17,21H,10-13,20H2,1H3. The summed E-state index contributed by atoms with van der Waals surface area (Å²) in [5.74, 6) is 0.939. The van der Waals surface area contributed by atoms with Crippen molar-refractivity contribution in [3.8, 4) is 5.75 Å². The summed E-state index contributed by atoms with van der Waals surface area (Å²) in [6.45, 7) is 2.23. The Hall–Kier alpha value is -2.53. The van der Waals surface area contributed by atoms with E-state index in [-0.39, 0.29) is 11.9 Å². The first-order valence-corrected chi connectivity index (χ1v) is 8.16. The van der Waals surface area contributed by atoms with Crippen LogP contribution in [-0.4, -0.2) is 37.6 Å². The fourth-order valence-electron chi connectivity index (χ4n) is 3.13. The number of para-hydroxylation sites is 1. The Balaban J connectivity index is 1.81. The fourth-order valence-corrected chi connectivity index (χ4v) is 3.13. The number of ether oxygens (including phenoxy) is 1. The van der Waals surface area contributed by atoms with E-state index in [0.29, 0.717) is 18.7 Å². The van der Waals surface area contributed by atoms with Gasteiger partial charge in [-0.2, -0.15) is 0 Å². The molecule has 1 saturated heterocycles. The number of hydrogen-bond donors (Lipinski definition) is 2. The Morgan fingerprint density at radius 1 is 1.25 bits per heavy atom. The van der Waals surface area contributed by atoms with Gasteiger partial charge in [-0.3, -0.25) is 4.79 Å². The number of anilines is 1. The van der Waals surface area contributed by atoms with E-state index in [1.807, 2.05) is 53.4 Å². The van der Waals surface area contributed by atoms with Gasteiger partial charge in [-0.1, -0.05) is 30.3 Å². The molecule has 2 aromatic carbocycles. The molecule has 126 valence electrons. The SMILES string of the molecule is COc1ccccc1C1CNCCN1C(=O)Cc1ccc(N)cc1. The molecule has 5 heteroatoms. The molecule has 1 unspecified atom stereocenters. The van der Waals surface area contributed by atoms with Gasteiger partial charge in [0, 0.05) is 30.9 Å². The third kappa shape index (κ3) is 3.51. The van der Waals surface area contributed by atoms with Gasteiger partial charge in [-0.15, -0.1) is 0 Å². The van der Waals surface area contributed by atoms with Gasteiger partial charge in [0.1, 0.15) is 5.75 Å². The lowest BCUT2D eigenvalue weighted by atomic mass is 10.0. The summed E-state index contributed by atoms with van der Waals surface area (Å²) >= 11 is 0. The first kappa shape index (κ1) is 16.3. The summed E-state index contributed by atoms with van der Waals surface area (Å²) < 4.78 is 5.48. The lowest BCUT2D eigenvalue weighted by molar-refractivity contribution is -0.133. The fraction of sp³-hybridized carbons (Fsp3) is 0.316. The molecular weight excluding hydrogens is 302 g/mol. The number of nitrogens with one attached hydrogen (secondary N) is 1. The molecule has 1 aliphatic rings. The normalized spacial score (nSPS) is 17.5. The van der Waals surface area contributed by atoms with Gasteiger partial charge >= 0.3 is 0 Å². The van der Waals surface area contributed by atoms with Crippen LogP contribution in [0.15, 0.2) is 48.5 Å². The molecule has 0 radical (unpaired) electrons. The van der Waals surface area contributed by atoms with Crippen molar-refractivity contribution in [3.05, 3.63) is 59.7 Å². The molecule has 5 nitrogen and oxygen atoms in total. The Bertz CT molecular complexity index is 700. The molecule has 1 fully saturated rings. The van der Waals surface area contributed by atoms with Crippen LogP contribution >= 0.6 is 0 Å². The minimum Gasteiger partial charge on any atom is -0.496 e. The second-order valence-corrected chi connectivity index (χ2v) is 5.97. The first-order valence-electron chi connectivity index (χ1n) is 8.16. The zero-order chi connectivity index (χ0) is 16.9. The number of amides is 1. The van der Waals surface area contributed by atoms with Crippen LogP contribution in [0.25, 0.3) is 0 Å². The number of nitrogens with zero attached hydrogens (tertiary/aromatic N) is 1. The Labute approximate surface area is 142 Å². The molecule has 0 saturated carbocycles. The van der Waals surface area contributed by atoms with Crippen LogP contribution in [0, 0.1) is 0 Å². The molecule has 3 N–H and O–H groups in total. The number of rotatable bonds is 4. The molecule has 0 aliphatic carbocycles. The van der Waals surface area contributed by atoms with Crippen LogP contribution in [0.3, 0.4) is 0 Å². The number of carbonyl (C=O) groups excluding carboxylic acids is 1. The highest BCUT2D eigenvalue weighted by molar-refractivity contribution is 5.79. The highest BCUT2D eigenvalue weighted by atomic mass is 16.5. The van der Waals surface area contributed by atoms with Crippen LogP contribution < -0.4 is 15.8 Å². The number of carbonyl (C=O) groups is 1. The van der Waals surface area contributed by atoms with Crippen LogP contribution in [-0.2, 0) is 11.2 Å². The number of hydrogen-bond acceptors (Lipinski definition) is 4. The average Bonchev–Trinajstić information content (AvgIpc) is 2.63. The largest absolute Gasteiger partial charge is 0.496 e. The van der Waals surface area contributed by atoms with Gasteiger partial charge < -0.3 is 20.7 Å². The second-order valence-electron chi connectivity index (χ2n) is 5.97. The third-order valence-corrected chi connectivity index (χ3v) is 4.40. The summed E-state index contributed by atoms with van der Waals surface area (Å²) in [6.07, 6.45) is 0.381. The van der Waals surface area contributed by atoms with Gasteiger partial charge in [0.15, 0.2) is 0 Å². The smallest absolute Gasteiger partial charge is 0.227 e. The molecule has 1 aliphatic heterocycles. The van der Waals surface area contributed by atoms with Crippen molar-refractivity contribution in [2.45, 2.75) is 12.5 Å². The molecule has 1 heterocycles. The summed E-state index contributed by atoms with van der Waals surface area (Å²) in [6, 6.07) is 15.4. The summed E-state index contributed by atoms with van der Waals surface area (Å²) in [4.78, 5) is 14.8. The number of nitrogens with two attached hydrogens (primary N) is 1. The molecule has 1 amide bonds. The maximum Gasteiger partial charge on any atom is 0.227 e. The average molecular weight is 325 g/mol. The van der Waals surface area contributed by atoms with Crippen LogP contribution in [0.5, 0.6) is 5.75 Å². The van der Waals surface area contributed by atoms with Crippen LogP contribution in [0.1, 0.15) is 17.2 Å². The second kappa shape index (κ2) is 7.36. The molecule has 0 aromatic heterocycles. The Kier molecular flexibility index (Phi) is 5.01. The maximum atomic E-state index is 12.9. The predicted octanol–water partition coefficient (Wildman–Crippen LogP) is 1.99. The molecule has 0 bridgehead atoms. The topological polar surface area (TPSA) is 67.6 Å². The van der Waals surface area contributed by atoms with Gasteiger partial charge in [0.2, 0.25) is 5.91 Å². The maximum absolute atomic E-state index is 12.9. The van der Waals surface area contributed by atoms with E-state index in [1.165, 1.54) is 0 Å². The molecule has 2 aromatic rings. The Morgan fingerprint density at radius 3 is 2.75 bits per heavy atom. The van der Waals surface area contributed by atoms with Crippen molar-refractivity contribution in [2.75, 3.05) is 32.5 Å². The van der Waals surface area contributed by atoms with Gasteiger partial charge in [-0.05, 0) is 23.8 Å². The van der Waals surface area contributed by atoms with Crippen LogP contribution in [0.4, 0.5) is 5.69 Å². The van der Waals surface area contributed by atoms with Crippen molar-refractivity contribution in [3.63, 3.8) is 0 Å². The number of piperazine rings is 1. The molecule has 1 atom stereocenters. The number of nitrogen functional groups attached to an aromatic ring is 1. The monoisotopic (exact) mass is 325 g/mol. The molecule has 24 heavy (non-hydrogen) atoms. The van der Waals surface area contributed by atoms with E-state index in [9.17, 15) is 4.79 Å². The van der Waals surface area contributed by atoms with Crippen molar-refractivity contribution >= 4 is 11.6 Å². The van der Waals surface area contributed by atoms with Gasteiger partial charge in [0.05, 0.1) is 19.6 Å². The van der Waals surface area contributed by atoms with Crippen molar-refractivity contribution in [1.29, 1.82) is 0 Å². The van der Waals surface area contributed by atoms with E-state index < -0.39 is 0 Å². The predicted molar refractivity (Wildman–Crippen MR) is 94.9 cm³/mol. The zero-order valence-corrected chi connectivity index (χ0v) is 13.9. The summed E-state index contributed by atoms with van der Waals surface area (Å²) in [5, 5.41) is 3.37. The third-order valence-electron chi connectivity index (χ3n) is 4.40. The first-order chi connectivity index (χ1) is 11.7. The van der Waals surface area contributed by atoms with E-state index >= 15 is 0 Å². The molecule has 3 rings (SSSR count). The van der Waals surface area contributed by atoms with Crippen molar-refractivity contribution in [2.24, 2.45) is 0 Å². The van der Waals surface area contributed by atoms with Gasteiger partial charge in [0.25, 0.3) is 0 Å². The lowest BCUT2D eigenvalue weighted by Crippen LogP contribution is -2.49. The lowest BCUT2D eigenvalue weighted by Gasteiger charge is -2.37.